The summed E-state index contributed by atoms with van der Waals surface area (Å²) < 4.78 is 0. The van der Waals surface area contributed by atoms with Gasteiger partial charge in [-0.15, -0.1) is 5.73 Å². The maximum absolute atomic E-state index is 10.9. The summed E-state index contributed by atoms with van der Waals surface area (Å²) in [7, 11) is -1.87. The third-order valence-electron chi connectivity index (χ3n) is 5.41. The van der Waals surface area contributed by atoms with Crippen LogP contribution in [0.3, 0.4) is 0 Å². The molecule has 1 unspecified atom stereocenters. The lowest BCUT2D eigenvalue weighted by Gasteiger charge is -2.45. The molecule has 1 aromatic carbocycles. The molecule has 0 fully saturated rings. The Balaban J connectivity index is 3.06. The Morgan fingerprint density at radius 2 is 1.48 bits per heavy atom. The zero-order valence-electron chi connectivity index (χ0n) is 15.8. The number of rotatable bonds is 8. The standard InChI is InChI=1S/C21H34OSi/c1-8-21(23(16(2)3,17(4)5)18(6)7)20(22)15-14-19-12-10-9-11-13-19/h9-13,16-18,20,22H,1,14-15H2,2-7H3. The van der Waals surface area contributed by atoms with Gasteiger partial charge in [-0.1, -0.05) is 78.5 Å². The Labute approximate surface area is 144 Å². The van der Waals surface area contributed by atoms with Crippen LogP contribution in [-0.2, 0) is 6.42 Å². The zero-order chi connectivity index (χ0) is 17.6. The van der Waals surface area contributed by atoms with Crippen molar-refractivity contribution in [2.24, 2.45) is 0 Å². The first-order valence-electron chi connectivity index (χ1n) is 8.90. The summed E-state index contributed by atoms with van der Waals surface area (Å²) in [5, 5.41) is 12.1. The normalized spacial score (nSPS) is 13.5. The highest BCUT2D eigenvalue weighted by molar-refractivity contribution is 6.90. The van der Waals surface area contributed by atoms with Crippen molar-refractivity contribution in [1.82, 2.24) is 0 Å². The molecule has 0 amide bonds. The average Bonchev–Trinajstić information content (AvgIpc) is 2.49. The highest BCUT2D eigenvalue weighted by Gasteiger charge is 2.47. The number of aryl methyl sites for hydroxylation is 1. The summed E-state index contributed by atoms with van der Waals surface area (Å²) in [6, 6.07) is 10.4. The summed E-state index contributed by atoms with van der Waals surface area (Å²) in [6.45, 7) is 17.8. The predicted molar refractivity (Wildman–Crippen MR) is 104 cm³/mol. The molecule has 1 atom stereocenters. The van der Waals surface area contributed by atoms with Crippen LogP contribution in [0.2, 0.25) is 16.6 Å². The van der Waals surface area contributed by atoms with E-state index in [0.717, 1.165) is 18.0 Å². The number of hydrogen-bond acceptors (Lipinski definition) is 1. The van der Waals surface area contributed by atoms with Gasteiger partial charge in [0, 0.05) is 0 Å². The molecule has 0 aliphatic heterocycles. The molecule has 0 spiro atoms. The first-order chi connectivity index (χ1) is 10.8. The van der Waals surface area contributed by atoms with E-state index in [2.05, 4.69) is 78.1 Å². The van der Waals surface area contributed by atoms with E-state index >= 15 is 0 Å². The summed E-state index contributed by atoms with van der Waals surface area (Å²) in [4.78, 5) is 0. The van der Waals surface area contributed by atoms with Crippen molar-refractivity contribution in [3.63, 3.8) is 0 Å². The van der Waals surface area contributed by atoms with Gasteiger partial charge in [0.15, 0.2) is 0 Å². The van der Waals surface area contributed by atoms with Crippen LogP contribution in [0, 0.1) is 0 Å². The van der Waals surface area contributed by atoms with Crippen molar-refractivity contribution in [2.75, 3.05) is 0 Å². The molecule has 1 N–H and O–H groups in total. The van der Waals surface area contributed by atoms with Crippen molar-refractivity contribution in [2.45, 2.75) is 77.1 Å². The molecule has 1 nitrogen and oxygen atoms in total. The molecule has 128 valence electrons. The van der Waals surface area contributed by atoms with E-state index in [4.69, 9.17) is 0 Å². The molecule has 23 heavy (non-hydrogen) atoms. The fraction of sp³-hybridized carbons (Fsp3) is 0.571. The Morgan fingerprint density at radius 1 is 1.00 bits per heavy atom. The first kappa shape index (κ1) is 20.0. The lowest BCUT2D eigenvalue weighted by Crippen LogP contribution is -2.50. The van der Waals surface area contributed by atoms with E-state index in [-0.39, 0.29) is 0 Å². The molecular formula is C21H34OSi. The number of aliphatic hydroxyl groups is 1. The van der Waals surface area contributed by atoms with Crippen molar-refractivity contribution in [3.8, 4) is 0 Å². The van der Waals surface area contributed by atoms with E-state index < -0.39 is 14.2 Å². The van der Waals surface area contributed by atoms with Crippen LogP contribution in [0.1, 0.15) is 53.5 Å². The van der Waals surface area contributed by atoms with Crippen molar-refractivity contribution >= 4 is 8.07 Å². The van der Waals surface area contributed by atoms with Crippen LogP contribution in [0.25, 0.3) is 0 Å². The Bertz CT molecular complexity index is 502. The Hall–Kier alpha value is -1.08. The van der Waals surface area contributed by atoms with Crippen molar-refractivity contribution in [1.29, 1.82) is 0 Å². The van der Waals surface area contributed by atoms with Gasteiger partial charge in [0.05, 0.1) is 6.10 Å². The summed E-state index contributed by atoms with van der Waals surface area (Å²) in [6.07, 6.45) is 1.22. The lowest BCUT2D eigenvalue weighted by atomic mass is 10.1. The summed E-state index contributed by atoms with van der Waals surface area (Å²) in [5.41, 5.74) is 6.18. The molecule has 0 saturated carbocycles. The number of hydrogen-bond donors (Lipinski definition) is 1. The molecular weight excluding hydrogens is 296 g/mol. The molecule has 2 heteroatoms. The van der Waals surface area contributed by atoms with Crippen LogP contribution >= 0.6 is 0 Å². The van der Waals surface area contributed by atoms with E-state index in [0.29, 0.717) is 16.6 Å². The van der Waals surface area contributed by atoms with Crippen molar-refractivity contribution in [3.05, 3.63) is 53.4 Å². The van der Waals surface area contributed by atoms with Gasteiger partial charge >= 0.3 is 0 Å². The third kappa shape index (κ3) is 4.26. The third-order valence-corrected chi connectivity index (χ3v) is 12.6. The molecule has 1 rings (SSSR count). The van der Waals surface area contributed by atoms with E-state index in [9.17, 15) is 5.11 Å². The number of aliphatic hydroxyl groups excluding tert-OH is 1. The average molecular weight is 331 g/mol. The lowest BCUT2D eigenvalue weighted by molar-refractivity contribution is 0.206. The SMILES string of the molecule is C=C=C(C(O)CCc1ccccc1)[Si](C(C)C)(C(C)C)C(C)C. The fourth-order valence-corrected chi connectivity index (χ4v) is 11.5. The maximum atomic E-state index is 10.9. The molecule has 0 saturated heterocycles. The van der Waals surface area contributed by atoms with Crippen LogP contribution < -0.4 is 0 Å². The van der Waals surface area contributed by atoms with Crippen LogP contribution in [0.15, 0.2) is 47.8 Å². The Kier molecular flexibility index (Phi) is 7.53. The van der Waals surface area contributed by atoms with Gasteiger partial charge in [-0.05, 0) is 40.2 Å². The largest absolute Gasteiger partial charge is 0.389 e. The second kappa shape index (κ2) is 8.68. The smallest absolute Gasteiger partial charge is 0.102 e. The minimum absolute atomic E-state index is 0.424. The zero-order valence-corrected chi connectivity index (χ0v) is 16.8. The molecule has 0 aromatic heterocycles. The molecule has 0 aliphatic carbocycles. The summed E-state index contributed by atoms with van der Waals surface area (Å²) in [5.74, 6) is 0. The quantitative estimate of drug-likeness (QED) is 0.464. The molecule has 0 heterocycles. The van der Waals surface area contributed by atoms with Gasteiger partial charge in [0.1, 0.15) is 8.07 Å². The second-order valence-electron chi connectivity index (χ2n) is 7.53. The van der Waals surface area contributed by atoms with Crippen LogP contribution in [0.4, 0.5) is 0 Å². The topological polar surface area (TPSA) is 20.2 Å². The van der Waals surface area contributed by atoms with Gasteiger partial charge in [0.25, 0.3) is 0 Å². The molecule has 0 aliphatic rings. The van der Waals surface area contributed by atoms with Crippen LogP contribution in [0.5, 0.6) is 0 Å². The van der Waals surface area contributed by atoms with Crippen LogP contribution in [-0.4, -0.2) is 19.3 Å². The minimum Gasteiger partial charge on any atom is -0.389 e. The summed E-state index contributed by atoms with van der Waals surface area (Å²) >= 11 is 0. The Morgan fingerprint density at radius 3 is 1.87 bits per heavy atom. The second-order valence-corrected chi connectivity index (χ2v) is 13.4. The van der Waals surface area contributed by atoms with Crippen molar-refractivity contribution < 1.29 is 5.11 Å². The number of benzene rings is 1. The minimum atomic E-state index is -1.87. The molecule has 1 aromatic rings. The maximum Gasteiger partial charge on any atom is 0.102 e. The monoisotopic (exact) mass is 330 g/mol. The molecule has 0 radical (unpaired) electrons. The van der Waals surface area contributed by atoms with Gasteiger partial charge in [-0.3, -0.25) is 0 Å². The predicted octanol–water partition coefficient (Wildman–Crippen LogP) is 5.91. The van der Waals surface area contributed by atoms with E-state index in [1.807, 2.05) is 6.07 Å². The van der Waals surface area contributed by atoms with E-state index in [1.165, 1.54) is 5.56 Å². The van der Waals surface area contributed by atoms with Gasteiger partial charge in [0.2, 0.25) is 0 Å². The highest BCUT2D eigenvalue weighted by atomic mass is 28.3. The highest BCUT2D eigenvalue weighted by Crippen LogP contribution is 2.47. The van der Waals surface area contributed by atoms with Gasteiger partial charge < -0.3 is 5.11 Å². The van der Waals surface area contributed by atoms with E-state index in [1.54, 1.807) is 0 Å². The first-order valence-corrected chi connectivity index (χ1v) is 11.1. The molecule has 0 bridgehead atoms. The fourth-order valence-electron chi connectivity index (χ4n) is 4.58. The van der Waals surface area contributed by atoms with Gasteiger partial charge in [-0.25, -0.2) is 0 Å². The van der Waals surface area contributed by atoms with Gasteiger partial charge in [-0.2, -0.15) is 0 Å².